The van der Waals surface area contributed by atoms with Gasteiger partial charge in [0.15, 0.2) is 0 Å². The molecule has 0 saturated carbocycles. The molecule has 56 valence electrons. The highest BCUT2D eigenvalue weighted by Gasteiger charge is 2.08. The summed E-state index contributed by atoms with van der Waals surface area (Å²) in [6.45, 7) is 0.790. The summed E-state index contributed by atoms with van der Waals surface area (Å²) < 4.78 is 1.85. The van der Waals surface area contributed by atoms with Gasteiger partial charge in [-0.2, -0.15) is 0 Å². The maximum atomic E-state index is 4.15. The van der Waals surface area contributed by atoms with Crippen molar-refractivity contribution in [3.05, 3.63) is 29.8 Å². The molecule has 11 heavy (non-hydrogen) atoms. The van der Waals surface area contributed by atoms with E-state index in [9.17, 15) is 0 Å². The van der Waals surface area contributed by atoms with Crippen LogP contribution >= 0.6 is 16.1 Å². The van der Waals surface area contributed by atoms with Crippen molar-refractivity contribution in [2.75, 3.05) is 3.93 Å². The van der Waals surface area contributed by atoms with E-state index in [1.807, 2.05) is 16.1 Å². The second-order valence-electron chi connectivity index (χ2n) is 2.40. The number of rotatable bonds is 0. The molecule has 0 spiro atoms. The molecule has 1 aromatic carbocycles. The minimum Gasteiger partial charge on any atom is -0.270 e. The molecule has 0 atom stereocenters. The minimum atomic E-state index is 0.790. The van der Waals surface area contributed by atoms with Gasteiger partial charge in [0, 0.05) is 0 Å². The molecule has 1 aliphatic rings. The molecule has 0 saturated heterocycles. The highest BCUT2D eigenvalue weighted by Crippen LogP contribution is 2.25. The van der Waals surface area contributed by atoms with Gasteiger partial charge in [-0.15, -0.1) is 0 Å². The number of anilines is 1. The maximum absolute atomic E-state index is 4.15. The Hall–Kier alpha value is -0.830. The number of nitrogens with zero attached hydrogens (tertiary/aromatic N) is 2. The summed E-state index contributed by atoms with van der Waals surface area (Å²) in [4.78, 5) is 4.15. The molecule has 0 aliphatic carbocycles. The van der Waals surface area contributed by atoms with E-state index < -0.39 is 0 Å². The number of para-hydroxylation sites is 1. The van der Waals surface area contributed by atoms with Crippen molar-refractivity contribution in [2.45, 2.75) is 6.54 Å². The van der Waals surface area contributed by atoms with Gasteiger partial charge in [0.2, 0.25) is 0 Å². The van der Waals surface area contributed by atoms with Crippen LogP contribution in [0.3, 0.4) is 0 Å². The zero-order chi connectivity index (χ0) is 7.68. The second kappa shape index (κ2) is 2.66. The molecule has 3 heteroatoms. The van der Waals surface area contributed by atoms with Crippen molar-refractivity contribution in [3.8, 4) is 0 Å². The third-order valence-corrected chi connectivity index (χ3v) is 2.23. The molecule has 0 N–H and O–H groups in total. The van der Waals surface area contributed by atoms with E-state index in [1.54, 1.807) is 6.34 Å². The molecular weight excluding hydrogens is 204 g/mol. The first-order chi connectivity index (χ1) is 5.38. The Kier molecular flexibility index (Phi) is 1.66. The van der Waals surface area contributed by atoms with Gasteiger partial charge in [0.25, 0.3) is 0 Å². The molecule has 1 aliphatic heterocycles. The third kappa shape index (κ3) is 1.16. The van der Waals surface area contributed by atoms with Crippen LogP contribution in [0.25, 0.3) is 0 Å². The maximum Gasteiger partial charge on any atom is 0.100 e. The lowest BCUT2D eigenvalue weighted by Gasteiger charge is -2.17. The van der Waals surface area contributed by atoms with E-state index in [0.717, 1.165) is 6.54 Å². The third-order valence-electron chi connectivity index (χ3n) is 1.67. The van der Waals surface area contributed by atoms with Crippen LogP contribution in [0.2, 0.25) is 0 Å². The minimum absolute atomic E-state index is 0.790. The predicted octanol–water partition coefficient (Wildman–Crippen LogP) is 2.34. The highest BCUT2D eigenvalue weighted by molar-refractivity contribution is 9.10. The summed E-state index contributed by atoms with van der Waals surface area (Å²) in [6.07, 6.45) is 1.78. The quantitative estimate of drug-likeness (QED) is 0.601. The standard InChI is InChI=1S/C8H7BrN2/c9-11-6-10-5-7-3-1-2-4-8(7)11/h1-4,6H,5H2. The normalized spacial score (nSPS) is 14.8. The smallest absolute Gasteiger partial charge is 0.100 e. The molecule has 2 nitrogen and oxygen atoms in total. The first-order valence-electron chi connectivity index (χ1n) is 3.41. The number of hydrogen-bond donors (Lipinski definition) is 0. The largest absolute Gasteiger partial charge is 0.270 e. The van der Waals surface area contributed by atoms with Crippen molar-refractivity contribution < 1.29 is 0 Å². The van der Waals surface area contributed by atoms with Crippen molar-refractivity contribution >= 4 is 28.2 Å². The topological polar surface area (TPSA) is 15.6 Å². The number of benzene rings is 1. The van der Waals surface area contributed by atoms with Crippen LogP contribution in [0.1, 0.15) is 5.56 Å². The molecule has 2 rings (SSSR count). The summed E-state index contributed by atoms with van der Waals surface area (Å²) >= 11 is 3.37. The molecule has 1 aromatic rings. The fraction of sp³-hybridized carbons (Fsp3) is 0.125. The van der Waals surface area contributed by atoms with Crippen molar-refractivity contribution in [2.24, 2.45) is 4.99 Å². The van der Waals surface area contributed by atoms with Crippen LogP contribution in [-0.2, 0) is 6.54 Å². The lowest BCUT2D eigenvalue weighted by molar-refractivity contribution is 1.05. The molecule has 0 bridgehead atoms. The molecule has 0 fully saturated rings. The fourth-order valence-corrected chi connectivity index (χ4v) is 1.60. The Morgan fingerprint density at radius 2 is 2.18 bits per heavy atom. The second-order valence-corrected chi connectivity index (χ2v) is 3.16. The van der Waals surface area contributed by atoms with Gasteiger partial charge in [-0.25, -0.2) is 0 Å². The summed E-state index contributed by atoms with van der Waals surface area (Å²) in [5.41, 5.74) is 2.44. The summed E-state index contributed by atoms with van der Waals surface area (Å²) in [5.74, 6) is 0. The monoisotopic (exact) mass is 210 g/mol. The van der Waals surface area contributed by atoms with Crippen LogP contribution in [0.15, 0.2) is 29.3 Å². The molecule has 0 radical (unpaired) electrons. The summed E-state index contributed by atoms with van der Waals surface area (Å²) in [6, 6.07) is 8.20. The van der Waals surface area contributed by atoms with E-state index in [2.05, 4.69) is 33.3 Å². The van der Waals surface area contributed by atoms with Crippen LogP contribution in [-0.4, -0.2) is 6.34 Å². The van der Waals surface area contributed by atoms with Crippen LogP contribution in [0.4, 0.5) is 5.69 Å². The van der Waals surface area contributed by atoms with Crippen LogP contribution < -0.4 is 3.93 Å². The van der Waals surface area contributed by atoms with Gasteiger partial charge in [0.1, 0.15) is 6.34 Å². The first-order valence-corrected chi connectivity index (χ1v) is 4.12. The Morgan fingerprint density at radius 1 is 1.36 bits per heavy atom. The molecule has 1 heterocycles. The number of hydrogen-bond acceptors (Lipinski definition) is 2. The van der Waals surface area contributed by atoms with Crippen molar-refractivity contribution in [3.63, 3.8) is 0 Å². The zero-order valence-electron chi connectivity index (χ0n) is 5.87. The highest BCUT2D eigenvalue weighted by atomic mass is 79.9. The zero-order valence-corrected chi connectivity index (χ0v) is 7.45. The lowest BCUT2D eigenvalue weighted by atomic mass is 10.1. The number of fused-ring (bicyclic) bond motifs is 1. The molecule has 0 aromatic heterocycles. The fourth-order valence-electron chi connectivity index (χ4n) is 1.13. The predicted molar refractivity (Wildman–Crippen MR) is 50.0 cm³/mol. The van der Waals surface area contributed by atoms with Crippen LogP contribution in [0, 0.1) is 0 Å². The SMILES string of the molecule is BrN1C=NCc2ccccc21. The van der Waals surface area contributed by atoms with Gasteiger partial charge in [-0.1, -0.05) is 18.2 Å². The van der Waals surface area contributed by atoms with Crippen molar-refractivity contribution in [1.82, 2.24) is 0 Å². The molecule has 0 unspecified atom stereocenters. The summed E-state index contributed by atoms with van der Waals surface area (Å²) in [7, 11) is 0. The Balaban J connectivity index is 2.50. The van der Waals surface area contributed by atoms with Gasteiger partial charge in [-0.05, 0) is 11.6 Å². The lowest BCUT2D eigenvalue weighted by Crippen LogP contribution is -2.12. The Morgan fingerprint density at radius 3 is 3.00 bits per heavy atom. The van der Waals surface area contributed by atoms with Gasteiger partial charge >= 0.3 is 0 Å². The van der Waals surface area contributed by atoms with Gasteiger partial charge in [0.05, 0.1) is 28.4 Å². The van der Waals surface area contributed by atoms with E-state index in [4.69, 9.17) is 0 Å². The number of halogens is 1. The van der Waals surface area contributed by atoms with Gasteiger partial charge < -0.3 is 0 Å². The molecule has 0 amide bonds. The molecular formula is C8H7BrN2. The van der Waals surface area contributed by atoms with E-state index in [1.165, 1.54) is 11.3 Å². The average Bonchev–Trinajstić information content (AvgIpc) is 2.06. The number of aliphatic imine (C=N–C) groups is 1. The van der Waals surface area contributed by atoms with E-state index >= 15 is 0 Å². The van der Waals surface area contributed by atoms with E-state index in [-0.39, 0.29) is 0 Å². The first kappa shape index (κ1) is 6.85. The average molecular weight is 211 g/mol. The summed E-state index contributed by atoms with van der Waals surface area (Å²) in [5, 5.41) is 0. The van der Waals surface area contributed by atoms with Crippen LogP contribution in [0.5, 0.6) is 0 Å². The van der Waals surface area contributed by atoms with Crippen molar-refractivity contribution in [1.29, 1.82) is 0 Å². The Labute approximate surface area is 73.9 Å². The Bertz CT molecular complexity index is 296. The van der Waals surface area contributed by atoms with Gasteiger partial charge in [-0.3, -0.25) is 8.92 Å². The van der Waals surface area contributed by atoms with E-state index in [0.29, 0.717) is 0 Å².